The number of imidazole rings is 1. The molecule has 0 saturated carbocycles. The van der Waals surface area contributed by atoms with Crippen LogP contribution >= 0.6 is 0 Å². The van der Waals surface area contributed by atoms with Crippen LogP contribution in [0, 0.1) is 6.92 Å². The molecule has 0 fully saturated rings. The summed E-state index contributed by atoms with van der Waals surface area (Å²) in [5, 5.41) is 17.2. The van der Waals surface area contributed by atoms with Crippen molar-refractivity contribution in [2.45, 2.75) is 26.4 Å². The van der Waals surface area contributed by atoms with Gasteiger partial charge >= 0.3 is 12.6 Å². The molecule has 2 aromatic heterocycles. The zero-order chi connectivity index (χ0) is 30.8. The molecule has 12 nitrogen and oxygen atoms in total. The molecule has 0 saturated heterocycles. The molecule has 14 heteroatoms. The fourth-order valence-corrected chi connectivity index (χ4v) is 4.17. The molecule has 0 atom stereocenters. The Morgan fingerprint density at radius 3 is 2.44 bits per heavy atom. The summed E-state index contributed by atoms with van der Waals surface area (Å²) in [6, 6.07) is 11.5. The lowest BCUT2D eigenvalue weighted by Gasteiger charge is -2.12. The summed E-state index contributed by atoms with van der Waals surface area (Å²) < 4.78 is 36.6. The number of nitrogens with zero attached hydrogens (tertiary/aromatic N) is 3. The van der Waals surface area contributed by atoms with Gasteiger partial charge in [-0.1, -0.05) is 0 Å². The number of carbonyl (C=O) groups is 3. The van der Waals surface area contributed by atoms with Gasteiger partial charge in [0.05, 0.1) is 31.5 Å². The molecule has 2 heterocycles. The number of carboxylic acid groups (broad SMARTS) is 1. The van der Waals surface area contributed by atoms with E-state index in [0.29, 0.717) is 22.7 Å². The predicted octanol–water partition coefficient (Wildman–Crippen LogP) is 3.78. The molecule has 4 aromatic rings. The van der Waals surface area contributed by atoms with Crippen molar-refractivity contribution in [2.24, 2.45) is 0 Å². The molecule has 0 spiro atoms. The molecule has 0 radical (unpaired) electrons. The van der Waals surface area contributed by atoms with E-state index >= 15 is 0 Å². The van der Waals surface area contributed by atoms with Gasteiger partial charge in [0.15, 0.2) is 11.5 Å². The van der Waals surface area contributed by atoms with Gasteiger partial charge in [0, 0.05) is 48.7 Å². The normalized spacial score (nSPS) is 11.0. The molecular weight excluding hydrogens is 566 g/mol. The Kier molecular flexibility index (Phi) is 10.5. The number of benzene rings is 2. The van der Waals surface area contributed by atoms with E-state index in [4.69, 9.17) is 9.84 Å². The molecule has 0 bridgehead atoms. The molecule has 2 amide bonds. The maximum Gasteiger partial charge on any atom is 0.387 e. The van der Waals surface area contributed by atoms with Crippen molar-refractivity contribution in [3.05, 3.63) is 72.2 Å². The van der Waals surface area contributed by atoms with E-state index in [0.717, 1.165) is 16.8 Å². The standard InChI is InChI=1S/C29H30F2N6O6/c1-18-16-20(4-7-22(18)28(41)34-12-15-42-14-11-32-24(38)8-9-25(39)40)36-26-27-35-17-23(37(27)13-10-33-26)19-2-5-21(6-3-19)43-29(30)31/h2-7,10,13,16-17,29H,8-9,11-12,14-15H2,1H3,(H,32,38)(H,33,36)(H,34,41)(H,39,40). The lowest BCUT2D eigenvalue weighted by atomic mass is 10.1. The van der Waals surface area contributed by atoms with Crippen LogP contribution in [0.4, 0.5) is 20.3 Å². The molecule has 0 aliphatic rings. The highest BCUT2D eigenvalue weighted by Gasteiger charge is 2.14. The van der Waals surface area contributed by atoms with E-state index < -0.39 is 12.6 Å². The van der Waals surface area contributed by atoms with Crippen molar-refractivity contribution in [2.75, 3.05) is 31.6 Å². The van der Waals surface area contributed by atoms with E-state index in [9.17, 15) is 23.2 Å². The third-order valence-electron chi connectivity index (χ3n) is 6.20. The number of amides is 2. The average molecular weight is 597 g/mol. The van der Waals surface area contributed by atoms with Gasteiger partial charge in [-0.3, -0.25) is 18.8 Å². The minimum absolute atomic E-state index is 0.0620. The number of anilines is 2. The Morgan fingerprint density at radius 1 is 1.00 bits per heavy atom. The second-order valence-corrected chi connectivity index (χ2v) is 9.28. The highest BCUT2D eigenvalue weighted by Crippen LogP contribution is 2.27. The van der Waals surface area contributed by atoms with Crippen molar-refractivity contribution in [3.63, 3.8) is 0 Å². The summed E-state index contributed by atoms with van der Waals surface area (Å²) in [5.74, 6) is -1.11. The van der Waals surface area contributed by atoms with Crippen molar-refractivity contribution in [3.8, 4) is 17.0 Å². The second-order valence-electron chi connectivity index (χ2n) is 9.28. The highest BCUT2D eigenvalue weighted by atomic mass is 19.3. The SMILES string of the molecule is Cc1cc(Nc2nccn3c(-c4ccc(OC(F)F)cc4)cnc23)ccc1C(=O)NCCOCCNC(=O)CCC(=O)O. The van der Waals surface area contributed by atoms with Crippen molar-refractivity contribution >= 4 is 34.9 Å². The van der Waals surface area contributed by atoms with Crippen molar-refractivity contribution in [1.29, 1.82) is 0 Å². The van der Waals surface area contributed by atoms with Gasteiger partial charge in [-0.15, -0.1) is 0 Å². The smallest absolute Gasteiger partial charge is 0.387 e. The number of hydrogen-bond acceptors (Lipinski definition) is 8. The molecule has 226 valence electrons. The lowest BCUT2D eigenvalue weighted by molar-refractivity contribution is -0.138. The van der Waals surface area contributed by atoms with E-state index in [1.54, 1.807) is 42.9 Å². The second kappa shape index (κ2) is 14.7. The summed E-state index contributed by atoms with van der Waals surface area (Å²) in [5.41, 5.74) is 3.95. The lowest BCUT2D eigenvalue weighted by Crippen LogP contribution is -2.30. The molecule has 0 unspecified atom stereocenters. The first kappa shape index (κ1) is 30.8. The summed E-state index contributed by atoms with van der Waals surface area (Å²) in [7, 11) is 0. The van der Waals surface area contributed by atoms with E-state index in [2.05, 4.69) is 30.7 Å². The Bertz CT molecular complexity index is 1580. The van der Waals surface area contributed by atoms with Crippen molar-refractivity contribution < 1.29 is 37.7 Å². The van der Waals surface area contributed by atoms with Crippen LogP contribution in [-0.2, 0) is 14.3 Å². The predicted molar refractivity (Wildman–Crippen MR) is 153 cm³/mol. The number of hydrogen-bond donors (Lipinski definition) is 4. The fraction of sp³-hybridized carbons (Fsp3) is 0.276. The third kappa shape index (κ3) is 8.69. The Labute approximate surface area is 245 Å². The maximum absolute atomic E-state index is 12.7. The third-order valence-corrected chi connectivity index (χ3v) is 6.20. The molecule has 0 aliphatic carbocycles. The van der Waals surface area contributed by atoms with Gasteiger partial charge in [0.2, 0.25) is 5.91 Å². The summed E-state index contributed by atoms with van der Waals surface area (Å²) in [6.45, 7) is -0.102. The number of aliphatic carboxylic acids is 1. The topological polar surface area (TPSA) is 156 Å². The van der Waals surface area contributed by atoms with Gasteiger partial charge in [-0.2, -0.15) is 8.78 Å². The monoisotopic (exact) mass is 596 g/mol. The highest BCUT2D eigenvalue weighted by molar-refractivity contribution is 5.96. The van der Waals surface area contributed by atoms with E-state index in [1.807, 2.05) is 17.4 Å². The van der Waals surface area contributed by atoms with Gasteiger partial charge in [0.1, 0.15) is 5.75 Å². The molecule has 2 aromatic carbocycles. The zero-order valence-electron chi connectivity index (χ0n) is 23.2. The average Bonchev–Trinajstić information content (AvgIpc) is 3.41. The van der Waals surface area contributed by atoms with Crippen LogP contribution < -0.4 is 20.7 Å². The number of ether oxygens (including phenoxy) is 2. The summed E-state index contributed by atoms with van der Waals surface area (Å²) in [4.78, 5) is 43.5. The number of halogens is 2. The van der Waals surface area contributed by atoms with Crippen LogP contribution in [0.2, 0.25) is 0 Å². The largest absolute Gasteiger partial charge is 0.481 e. The van der Waals surface area contributed by atoms with E-state index in [-0.39, 0.29) is 56.7 Å². The molecule has 4 N–H and O–H groups in total. The summed E-state index contributed by atoms with van der Waals surface area (Å²) in [6.07, 6.45) is 4.70. The number of carbonyl (C=O) groups excluding carboxylic acids is 2. The number of carboxylic acids is 1. The van der Waals surface area contributed by atoms with Crippen LogP contribution in [0.5, 0.6) is 5.75 Å². The quantitative estimate of drug-likeness (QED) is 0.150. The molecule has 4 rings (SSSR count). The number of nitrogens with one attached hydrogen (secondary N) is 3. The Balaban J connectivity index is 1.29. The van der Waals surface area contributed by atoms with Crippen LogP contribution in [-0.4, -0.2) is 70.2 Å². The number of aryl methyl sites for hydroxylation is 1. The van der Waals surface area contributed by atoms with Gasteiger partial charge < -0.3 is 30.5 Å². The number of aromatic nitrogens is 3. The van der Waals surface area contributed by atoms with Crippen LogP contribution in [0.25, 0.3) is 16.9 Å². The van der Waals surface area contributed by atoms with E-state index in [1.165, 1.54) is 12.1 Å². The van der Waals surface area contributed by atoms with Gasteiger partial charge in [-0.05, 0) is 55.0 Å². The zero-order valence-corrected chi connectivity index (χ0v) is 23.2. The first-order valence-electron chi connectivity index (χ1n) is 13.3. The van der Waals surface area contributed by atoms with Crippen molar-refractivity contribution in [1.82, 2.24) is 25.0 Å². The van der Waals surface area contributed by atoms with Crippen LogP contribution in [0.15, 0.2) is 61.1 Å². The number of fused-ring (bicyclic) bond motifs is 1. The van der Waals surface area contributed by atoms with Gasteiger partial charge in [0.25, 0.3) is 5.91 Å². The first-order chi connectivity index (χ1) is 20.7. The van der Waals surface area contributed by atoms with Crippen LogP contribution in [0.1, 0.15) is 28.8 Å². The first-order valence-corrected chi connectivity index (χ1v) is 13.3. The number of alkyl halides is 2. The Hall–Kier alpha value is -5.11. The Morgan fingerprint density at radius 2 is 1.74 bits per heavy atom. The van der Waals surface area contributed by atoms with Gasteiger partial charge in [-0.25, -0.2) is 9.97 Å². The fourth-order valence-electron chi connectivity index (χ4n) is 4.17. The minimum atomic E-state index is -2.90. The summed E-state index contributed by atoms with van der Waals surface area (Å²) >= 11 is 0. The number of rotatable bonds is 15. The van der Waals surface area contributed by atoms with Crippen LogP contribution in [0.3, 0.4) is 0 Å². The molecule has 43 heavy (non-hydrogen) atoms. The molecular formula is C29H30F2N6O6. The maximum atomic E-state index is 12.7. The molecule has 0 aliphatic heterocycles. The minimum Gasteiger partial charge on any atom is -0.481 e.